The van der Waals surface area contributed by atoms with Crippen molar-refractivity contribution >= 4 is 24.1 Å². The molecule has 2 unspecified atom stereocenters. The van der Waals surface area contributed by atoms with Crippen LogP contribution < -0.4 is 5.32 Å². The van der Waals surface area contributed by atoms with Crippen LogP contribution in [0, 0.1) is 12.3 Å². The van der Waals surface area contributed by atoms with Gasteiger partial charge in [-0.05, 0) is 70.3 Å². The lowest BCUT2D eigenvalue weighted by Gasteiger charge is -2.38. The van der Waals surface area contributed by atoms with Gasteiger partial charge in [-0.15, -0.1) is 12.3 Å². The van der Waals surface area contributed by atoms with Crippen molar-refractivity contribution < 1.29 is 47.2 Å². The summed E-state index contributed by atoms with van der Waals surface area (Å²) in [5.74, 6) is 2.41. The maximum atomic E-state index is 13.4. The number of carbonyl (C=O) groups is 3. The number of alkyl carbamates (subject to hydrolysis) is 1. The number of ether oxygens (including phenoxy) is 6. The maximum Gasteiger partial charge on any atom is 0.407 e. The van der Waals surface area contributed by atoms with E-state index < -0.39 is 24.3 Å². The van der Waals surface area contributed by atoms with E-state index in [1.54, 1.807) is 31.6 Å². The summed E-state index contributed by atoms with van der Waals surface area (Å²) in [6, 6.07) is 0. The first-order valence-corrected chi connectivity index (χ1v) is 19.6. The van der Waals surface area contributed by atoms with Crippen molar-refractivity contribution in [3.8, 4) is 12.3 Å². The van der Waals surface area contributed by atoms with Crippen molar-refractivity contribution in [2.45, 2.75) is 165 Å². The molecule has 7 atom stereocenters. The van der Waals surface area contributed by atoms with Gasteiger partial charge in [0.15, 0.2) is 0 Å². The summed E-state index contributed by atoms with van der Waals surface area (Å²) in [5, 5.41) is 2.54. The molecule has 12 heteroatoms. The molecule has 3 fully saturated rings. The number of aryl methyl sites for hydroxylation is 1. The molecule has 3 aliphatic heterocycles. The topological polar surface area (TPSA) is 145 Å². The van der Waals surface area contributed by atoms with E-state index in [-0.39, 0.29) is 49.5 Å². The molecule has 1 aromatic heterocycles. The van der Waals surface area contributed by atoms with Crippen molar-refractivity contribution in [2.75, 3.05) is 20.8 Å². The Hall–Kier alpha value is -3.66. The van der Waals surface area contributed by atoms with Crippen LogP contribution in [0.4, 0.5) is 4.79 Å². The summed E-state index contributed by atoms with van der Waals surface area (Å²) in [5.41, 5.74) is 0.737. The fourth-order valence-electron chi connectivity index (χ4n) is 7.40. The number of rotatable bonds is 17. The van der Waals surface area contributed by atoms with Crippen molar-refractivity contribution in [3.63, 3.8) is 0 Å². The summed E-state index contributed by atoms with van der Waals surface area (Å²) in [4.78, 5) is 41.8. The van der Waals surface area contributed by atoms with Gasteiger partial charge in [-0.2, -0.15) is 0 Å². The Morgan fingerprint density at radius 3 is 2.45 bits per heavy atom. The minimum atomic E-state index is -0.517. The molecule has 1 N–H and O–H groups in total. The zero-order chi connectivity index (χ0) is 37.7. The number of hydrogen-bond donors (Lipinski definition) is 1. The van der Waals surface area contributed by atoms with Crippen LogP contribution >= 0.6 is 0 Å². The van der Waals surface area contributed by atoms with Crippen LogP contribution in [0.3, 0.4) is 0 Å². The number of carbonyl (C=O) groups excluding carboxylic acids is 3. The number of fused-ring (bicyclic) bond motifs is 4. The number of allylic oxidation sites excluding steroid dienone is 1. The lowest BCUT2D eigenvalue weighted by molar-refractivity contribution is -0.171. The third-order valence-corrected chi connectivity index (χ3v) is 10.1. The first-order chi connectivity index (χ1) is 25.8. The lowest BCUT2D eigenvalue weighted by Crippen LogP contribution is -2.42. The van der Waals surface area contributed by atoms with Crippen molar-refractivity contribution in [1.82, 2.24) is 10.3 Å². The van der Waals surface area contributed by atoms with E-state index in [9.17, 15) is 14.4 Å². The van der Waals surface area contributed by atoms with Gasteiger partial charge >= 0.3 is 18.0 Å². The van der Waals surface area contributed by atoms with Crippen LogP contribution in [0.2, 0.25) is 0 Å². The number of nitrogens with one attached hydrogen (secondary N) is 1. The highest BCUT2D eigenvalue weighted by molar-refractivity contribution is 5.82. The second-order valence-corrected chi connectivity index (χ2v) is 14.4. The number of methoxy groups -OCH3 is 2. The SMILES string of the molecule is C#CCCCCCCCC[C@H]1C[C@@H]2CCCC(C[C@@H](OC)CC3C[C@@H](OC(=O)C=CCCc4coc(C=CCNC(=O)OC)n4)C[C@@H](CC(=O)O1)O3)O2. The highest BCUT2D eigenvalue weighted by Gasteiger charge is 2.37. The summed E-state index contributed by atoms with van der Waals surface area (Å²) < 4.78 is 41.0. The van der Waals surface area contributed by atoms with E-state index in [1.807, 2.05) is 0 Å². The zero-order valence-electron chi connectivity index (χ0n) is 31.7. The Bertz CT molecular complexity index is 1350. The van der Waals surface area contributed by atoms with Crippen LogP contribution in [0.25, 0.3) is 6.08 Å². The molecular formula is C41H60N2O10. The molecule has 1 aromatic rings. The van der Waals surface area contributed by atoms with Gasteiger partial charge < -0.3 is 38.2 Å². The minimum Gasteiger partial charge on any atom is -0.462 e. The quantitative estimate of drug-likeness (QED) is 0.0570. The molecule has 4 rings (SSSR count). The van der Waals surface area contributed by atoms with E-state index in [2.05, 4.69) is 21.0 Å². The van der Waals surface area contributed by atoms with Crippen LogP contribution in [-0.4, -0.2) is 86.5 Å². The predicted octanol–water partition coefficient (Wildman–Crippen LogP) is 7.18. The predicted molar refractivity (Wildman–Crippen MR) is 199 cm³/mol. The average molecular weight is 741 g/mol. The highest BCUT2D eigenvalue weighted by Crippen LogP contribution is 2.32. The monoisotopic (exact) mass is 740 g/mol. The molecule has 4 heterocycles. The molecular weight excluding hydrogens is 680 g/mol. The second kappa shape index (κ2) is 23.9. The summed E-state index contributed by atoms with van der Waals surface area (Å²) in [7, 11) is 3.02. The minimum absolute atomic E-state index is 0.0714. The van der Waals surface area contributed by atoms with Crippen LogP contribution in [0.1, 0.15) is 127 Å². The fourth-order valence-corrected chi connectivity index (χ4v) is 7.40. The lowest BCUT2D eigenvalue weighted by atomic mass is 9.91. The van der Waals surface area contributed by atoms with E-state index in [4.69, 9.17) is 34.5 Å². The van der Waals surface area contributed by atoms with Crippen molar-refractivity contribution in [2.24, 2.45) is 0 Å². The number of esters is 2. The average Bonchev–Trinajstić information content (AvgIpc) is 3.59. The van der Waals surface area contributed by atoms with Gasteiger partial charge in [0.25, 0.3) is 0 Å². The number of nitrogens with zero attached hydrogens (tertiary/aromatic N) is 1. The Kier molecular flexibility index (Phi) is 19.0. The van der Waals surface area contributed by atoms with Gasteiger partial charge in [-0.3, -0.25) is 4.79 Å². The molecule has 294 valence electrons. The molecule has 0 spiro atoms. The number of oxazole rings is 1. The Labute approximate surface area is 315 Å². The van der Waals surface area contributed by atoms with Crippen LogP contribution in [-0.2, 0) is 44.4 Å². The summed E-state index contributed by atoms with van der Waals surface area (Å²) >= 11 is 0. The summed E-state index contributed by atoms with van der Waals surface area (Å²) in [6.45, 7) is 0.285. The Balaban J connectivity index is 1.29. The third kappa shape index (κ3) is 16.5. The molecule has 4 bridgehead atoms. The number of aromatic nitrogens is 1. The van der Waals surface area contributed by atoms with Gasteiger partial charge in [0.05, 0.1) is 49.7 Å². The Morgan fingerprint density at radius 1 is 0.943 bits per heavy atom. The molecule has 3 aliphatic rings. The van der Waals surface area contributed by atoms with Crippen molar-refractivity contribution in [1.29, 1.82) is 0 Å². The zero-order valence-corrected chi connectivity index (χ0v) is 31.7. The first kappa shape index (κ1) is 42.1. The van der Waals surface area contributed by atoms with E-state index in [0.29, 0.717) is 44.4 Å². The maximum absolute atomic E-state index is 13.4. The largest absolute Gasteiger partial charge is 0.462 e. The summed E-state index contributed by atoms with van der Waals surface area (Å²) in [6.07, 6.45) is 27.4. The number of hydrogen-bond acceptors (Lipinski definition) is 11. The third-order valence-electron chi connectivity index (χ3n) is 10.1. The van der Waals surface area contributed by atoms with E-state index in [1.165, 1.54) is 19.6 Å². The Morgan fingerprint density at radius 2 is 1.66 bits per heavy atom. The van der Waals surface area contributed by atoms with Gasteiger partial charge in [-0.25, -0.2) is 14.6 Å². The van der Waals surface area contributed by atoms with Gasteiger partial charge in [0, 0.05) is 45.4 Å². The molecule has 3 saturated heterocycles. The van der Waals surface area contributed by atoms with Gasteiger partial charge in [0.2, 0.25) is 5.89 Å². The van der Waals surface area contributed by atoms with Gasteiger partial charge in [-0.1, -0.05) is 37.8 Å². The molecule has 0 aromatic carbocycles. The molecule has 12 nitrogen and oxygen atoms in total. The second-order valence-electron chi connectivity index (χ2n) is 14.4. The molecule has 53 heavy (non-hydrogen) atoms. The first-order valence-electron chi connectivity index (χ1n) is 19.6. The molecule has 0 saturated carbocycles. The highest BCUT2D eigenvalue weighted by atomic mass is 16.6. The smallest absolute Gasteiger partial charge is 0.407 e. The molecule has 1 amide bonds. The van der Waals surface area contributed by atoms with E-state index >= 15 is 0 Å². The fraction of sp³-hybridized carbons (Fsp3) is 0.707. The molecule has 0 radical (unpaired) electrons. The van der Waals surface area contributed by atoms with Crippen LogP contribution in [0.15, 0.2) is 28.9 Å². The number of unbranched alkanes of at least 4 members (excludes halogenated alkanes) is 6. The number of amides is 1. The number of terminal acetylenes is 1. The van der Waals surface area contributed by atoms with Crippen molar-refractivity contribution in [3.05, 3.63) is 36.1 Å². The molecule has 0 aliphatic carbocycles. The van der Waals surface area contributed by atoms with E-state index in [0.717, 1.165) is 76.3 Å². The standard InChI is InChI=1S/C41H60N2O10/c1-4-5-6-7-8-9-10-11-17-33-23-31-18-14-19-32(50-31)24-34(47-2)25-35-26-36(27-37(51-35)28-40(45)52-33)53-39(44)21-13-12-16-30-29-49-38(43-30)20-15-22-42-41(46)48-3/h1,13,15,20-21,29,31-37H,5-12,14,16-19,22-28H2,2-3H3,(H,42,46)/t31-,32?,33-,34+,35?,36+,37-/m0/s1. The number of cyclic esters (lactones) is 1. The normalized spacial score (nSPS) is 26.7. The van der Waals surface area contributed by atoms with Gasteiger partial charge in [0.1, 0.15) is 18.5 Å². The van der Waals surface area contributed by atoms with Crippen LogP contribution in [0.5, 0.6) is 0 Å².